The fourth-order valence-corrected chi connectivity index (χ4v) is 3.93. The summed E-state index contributed by atoms with van der Waals surface area (Å²) in [6.45, 7) is 7.99. The van der Waals surface area contributed by atoms with Gasteiger partial charge < -0.3 is 20.1 Å². The van der Waals surface area contributed by atoms with Crippen LogP contribution in [0.4, 0.5) is 0 Å². The highest BCUT2D eigenvalue weighted by atomic mass is 16.5. The molecular weight excluding hydrogens is 374 g/mol. The van der Waals surface area contributed by atoms with Crippen LogP contribution in [0.2, 0.25) is 0 Å². The number of hydrogen-bond donors (Lipinski definition) is 2. The fraction of sp³-hybridized carbons (Fsp3) is 0.480. The first-order valence-electron chi connectivity index (χ1n) is 11.1. The molecule has 1 aliphatic carbocycles. The van der Waals surface area contributed by atoms with Gasteiger partial charge in [-0.05, 0) is 43.9 Å². The van der Waals surface area contributed by atoms with Crippen molar-refractivity contribution in [3.8, 4) is 5.75 Å². The molecule has 1 saturated carbocycles. The predicted molar refractivity (Wildman–Crippen MR) is 121 cm³/mol. The van der Waals surface area contributed by atoms with E-state index in [0.29, 0.717) is 31.0 Å². The molecule has 0 radical (unpaired) electrons. The molecule has 5 nitrogen and oxygen atoms in total. The Morgan fingerprint density at radius 2 is 2.07 bits per heavy atom. The summed E-state index contributed by atoms with van der Waals surface area (Å²) in [6, 6.07) is 17.5. The van der Waals surface area contributed by atoms with Crippen molar-refractivity contribution < 1.29 is 9.47 Å². The van der Waals surface area contributed by atoms with Crippen LogP contribution in [-0.4, -0.2) is 38.4 Å². The van der Waals surface area contributed by atoms with Crippen LogP contribution in [0.15, 0.2) is 53.5 Å². The lowest BCUT2D eigenvalue weighted by molar-refractivity contribution is 0.166. The highest BCUT2D eigenvalue weighted by Crippen LogP contribution is 2.40. The molecule has 1 heterocycles. The number of aliphatic imine (C=N–C) groups is 1. The van der Waals surface area contributed by atoms with Gasteiger partial charge in [-0.1, -0.05) is 42.5 Å². The van der Waals surface area contributed by atoms with Crippen LogP contribution in [0.5, 0.6) is 5.75 Å². The van der Waals surface area contributed by atoms with Gasteiger partial charge in [0.25, 0.3) is 0 Å². The van der Waals surface area contributed by atoms with E-state index in [2.05, 4.69) is 73.0 Å². The van der Waals surface area contributed by atoms with Crippen LogP contribution < -0.4 is 15.4 Å². The van der Waals surface area contributed by atoms with Gasteiger partial charge >= 0.3 is 0 Å². The SMILES string of the molecule is CCNC(=NCc1ccc(C)cc1OCC1CCOC1)NC1CC1c1ccccc1. The Hall–Kier alpha value is -2.53. The zero-order chi connectivity index (χ0) is 20.8. The summed E-state index contributed by atoms with van der Waals surface area (Å²) >= 11 is 0. The van der Waals surface area contributed by atoms with Gasteiger partial charge in [0, 0.05) is 36.6 Å². The number of nitrogens with zero attached hydrogens (tertiary/aromatic N) is 1. The van der Waals surface area contributed by atoms with Crippen LogP contribution in [-0.2, 0) is 11.3 Å². The van der Waals surface area contributed by atoms with Crippen molar-refractivity contribution in [1.82, 2.24) is 10.6 Å². The predicted octanol–water partition coefficient (Wildman–Crippen LogP) is 4.02. The summed E-state index contributed by atoms with van der Waals surface area (Å²) in [4.78, 5) is 4.85. The molecular formula is C25H33N3O2. The maximum Gasteiger partial charge on any atom is 0.191 e. The molecule has 0 spiro atoms. The molecule has 1 saturated heterocycles. The van der Waals surface area contributed by atoms with E-state index in [1.54, 1.807) is 0 Å². The molecule has 0 aromatic heterocycles. The van der Waals surface area contributed by atoms with Crippen molar-refractivity contribution in [1.29, 1.82) is 0 Å². The Morgan fingerprint density at radius 1 is 1.20 bits per heavy atom. The average molecular weight is 408 g/mol. The van der Waals surface area contributed by atoms with Gasteiger partial charge in [0.2, 0.25) is 0 Å². The fourth-order valence-electron chi connectivity index (χ4n) is 3.93. The molecule has 3 unspecified atom stereocenters. The largest absolute Gasteiger partial charge is 0.493 e. The number of hydrogen-bond acceptors (Lipinski definition) is 3. The third-order valence-corrected chi connectivity index (χ3v) is 5.81. The molecule has 0 amide bonds. The summed E-state index contributed by atoms with van der Waals surface area (Å²) in [5.74, 6) is 2.87. The monoisotopic (exact) mass is 407 g/mol. The maximum atomic E-state index is 6.17. The molecule has 3 atom stereocenters. The van der Waals surface area contributed by atoms with Crippen molar-refractivity contribution in [3.05, 3.63) is 65.2 Å². The first-order valence-corrected chi connectivity index (χ1v) is 11.1. The van der Waals surface area contributed by atoms with Gasteiger partial charge in [-0.15, -0.1) is 0 Å². The highest BCUT2D eigenvalue weighted by Gasteiger charge is 2.38. The standard InChI is InChI=1S/C25H33N3O2/c1-3-26-25(28-23-14-22(23)20-7-5-4-6-8-20)27-15-21-10-9-18(2)13-24(21)30-17-19-11-12-29-16-19/h4-10,13,19,22-23H,3,11-12,14-17H2,1-2H3,(H2,26,27,28). The van der Waals surface area contributed by atoms with E-state index in [1.807, 2.05) is 0 Å². The molecule has 2 aliphatic rings. The van der Waals surface area contributed by atoms with Gasteiger partial charge in [-0.3, -0.25) is 0 Å². The molecule has 0 bridgehead atoms. The zero-order valence-electron chi connectivity index (χ0n) is 18.1. The lowest BCUT2D eigenvalue weighted by atomic mass is 10.1. The van der Waals surface area contributed by atoms with Crippen LogP contribution in [0.25, 0.3) is 0 Å². The van der Waals surface area contributed by atoms with E-state index < -0.39 is 0 Å². The normalized spacial score (nSPS) is 23.3. The van der Waals surface area contributed by atoms with Gasteiger partial charge in [0.1, 0.15) is 5.75 Å². The van der Waals surface area contributed by atoms with Crippen molar-refractivity contribution in [3.63, 3.8) is 0 Å². The van der Waals surface area contributed by atoms with Gasteiger partial charge in [-0.2, -0.15) is 0 Å². The zero-order valence-corrected chi connectivity index (χ0v) is 18.1. The number of aryl methyl sites for hydroxylation is 1. The van der Waals surface area contributed by atoms with Crippen molar-refractivity contribution >= 4 is 5.96 Å². The molecule has 2 fully saturated rings. The second kappa shape index (κ2) is 9.98. The van der Waals surface area contributed by atoms with E-state index >= 15 is 0 Å². The van der Waals surface area contributed by atoms with Crippen LogP contribution >= 0.6 is 0 Å². The van der Waals surface area contributed by atoms with E-state index in [9.17, 15) is 0 Å². The third kappa shape index (κ3) is 5.54. The Morgan fingerprint density at radius 3 is 2.83 bits per heavy atom. The summed E-state index contributed by atoms with van der Waals surface area (Å²) in [7, 11) is 0. The summed E-state index contributed by atoms with van der Waals surface area (Å²) in [5.41, 5.74) is 3.72. The van der Waals surface area contributed by atoms with Crippen LogP contribution in [0.3, 0.4) is 0 Å². The average Bonchev–Trinajstić information content (AvgIpc) is 3.33. The Kier molecular flexibility index (Phi) is 6.90. The molecule has 5 heteroatoms. The molecule has 4 rings (SSSR count). The number of rotatable bonds is 8. The number of guanidine groups is 1. The van der Waals surface area contributed by atoms with Gasteiger partial charge in [-0.25, -0.2) is 4.99 Å². The summed E-state index contributed by atoms with van der Waals surface area (Å²) in [5, 5.41) is 6.99. The Labute approximate surface area is 179 Å². The highest BCUT2D eigenvalue weighted by molar-refractivity contribution is 5.80. The molecule has 1 aliphatic heterocycles. The smallest absolute Gasteiger partial charge is 0.191 e. The second-order valence-corrected chi connectivity index (χ2v) is 8.35. The first-order chi connectivity index (χ1) is 14.7. The number of benzene rings is 2. The first kappa shape index (κ1) is 20.7. The number of ether oxygens (including phenoxy) is 2. The second-order valence-electron chi connectivity index (χ2n) is 8.35. The molecule has 2 aromatic carbocycles. The molecule has 2 aromatic rings. The van der Waals surface area contributed by atoms with Gasteiger partial charge in [0.05, 0.1) is 19.8 Å². The van der Waals surface area contributed by atoms with Crippen LogP contribution in [0.1, 0.15) is 42.4 Å². The van der Waals surface area contributed by atoms with E-state index in [0.717, 1.165) is 49.9 Å². The maximum absolute atomic E-state index is 6.17. The molecule has 160 valence electrons. The minimum atomic E-state index is 0.446. The Bertz CT molecular complexity index is 847. The molecule has 2 N–H and O–H groups in total. The number of nitrogens with one attached hydrogen (secondary N) is 2. The summed E-state index contributed by atoms with van der Waals surface area (Å²) in [6.07, 6.45) is 2.23. The van der Waals surface area contributed by atoms with Crippen molar-refractivity contribution in [2.24, 2.45) is 10.9 Å². The Balaban J connectivity index is 1.38. The van der Waals surface area contributed by atoms with Crippen molar-refractivity contribution in [2.75, 3.05) is 26.4 Å². The minimum Gasteiger partial charge on any atom is -0.493 e. The lowest BCUT2D eigenvalue weighted by Crippen LogP contribution is -2.39. The third-order valence-electron chi connectivity index (χ3n) is 5.81. The quantitative estimate of drug-likeness (QED) is 0.513. The van der Waals surface area contributed by atoms with Crippen molar-refractivity contribution in [2.45, 2.75) is 45.2 Å². The van der Waals surface area contributed by atoms with E-state index in [-0.39, 0.29) is 0 Å². The van der Waals surface area contributed by atoms with Gasteiger partial charge in [0.15, 0.2) is 5.96 Å². The summed E-state index contributed by atoms with van der Waals surface area (Å²) < 4.78 is 11.6. The van der Waals surface area contributed by atoms with E-state index in [1.165, 1.54) is 11.1 Å². The molecule has 30 heavy (non-hydrogen) atoms. The minimum absolute atomic E-state index is 0.446. The van der Waals surface area contributed by atoms with Crippen LogP contribution in [0, 0.1) is 12.8 Å². The topological polar surface area (TPSA) is 54.9 Å². The van der Waals surface area contributed by atoms with E-state index in [4.69, 9.17) is 14.5 Å². The lowest BCUT2D eigenvalue weighted by Gasteiger charge is -2.15.